The van der Waals surface area contributed by atoms with Crippen molar-refractivity contribution in [2.75, 3.05) is 33.8 Å². The average Bonchev–Trinajstić information content (AvgIpc) is 2.84. The molecule has 2 aromatic rings. The first-order valence-electron chi connectivity index (χ1n) is 8.40. The molecule has 1 aromatic carbocycles. The summed E-state index contributed by atoms with van der Waals surface area (Å²) in [4.78, 5) is 4.56. The van der Waals surface area contributed by atoms with Crippen LogP contribution < -0.4 is 0 Å². The molecule has 1 atom stereocenters. The largest absolute Gasteiger partial charge is 0.395 e. The summed E-state index contributed by atoms with van der Waals surface area (Å²) in [7, 11) is 6.42. The van der Waals surface area contributed by atoms with Gasteiger partial charge in [0.15, 0.2) is 0 Å². The molecule has 3 rings (SSSR count). The van der Waals surface area contributed by atoms with Crippen LogP contribution in [0.25, 0.3) is 0 Å². The number of aliphatic hydroxyl groups is 1. The maximum absolute atomic E-state index is 9.14. The van der Waals surface area contributed by atoms with Crippen LogP contribution in [0.15, 0.2) is 34.8 Å². The highest BCUT2D eigenvalue weighted by Gasteiger charge is 2.28. The molecule has 1 aliphatic rings. The van der Waals surface area contributed by atoms with Crippen LogP contribution in [0.4, 0.5) is 0 Å². The molecule has 1 unspecified atom stereocenters. The van der Waals surface area contributed by atoms with Crippen molar-refractivity contribution in [2.45, 2.75) is 19.0 Å². The smallest absolute Gasteiger partial charge is 0.0558 e. The van der Waals surface area contributed by atoms with Crippen molar-refractivity contribution in [3.63, 3.8) is 0 Å². The number of aromatic nitrogens is 1. The van der Waals surface area contributed by atoms with Gasteiger partial charge in [0.25, 0.3) is 0 Å². The number of benzene rings is 1. The molecule has 0 spiro atoms. The third-order valence-corrected chi connectivity index (χ3v) is 5.50. The molecule has 0 radical (unpaired) electrons. The minimum Gasteiger partial charge on any atom is -0.395 e. The van der Waals surface area contributed by atoms with E-state index in [9.17, 15) is 0 Å². The Kier molecular flexibility index (Phi) is 5.45. The fraction of sp³-hybridized carbons (Fsp3) is 0.474. The van der Waals surface area contributed by atoms with Crippen LogP contribution >= 0.6 is 15.9 Å². The maximum atomic E-state index is 9.14. The molecule has 0 aliphatic carbocycles. The zero-order chi connectivity index (χ0) is 17.3. The molecule has 4 nitrogen and oxygen atoms in total. The topological polar surface area (TPSA) is 31.6 Å². The minimum absolute atomic E-state index is 0.199. The molecule has 1 N–H and O–H groups in total. The number of hydrogen-bond donors (Lipinski definition) is 1. The van der Waals surface area contributed by atoms with Crippen molar-refractivity contribution in [3.8, 4) is 0 Å². The SMILES string of the molecule is CN(CCO)Cc1cc2c(n1C)CN(C)CC2c1ccc(Br)cc1. The normalized spacial score (nSPS) is 18.2. The van der Waals surface area contributed by atoms with E-state index in [4.69, 9.17) is 5.11 Å². The molecule has 0 saturated heterocycles. The third kappa shape index (κ3) is 3.59. The van der Waals surface area contributed by atoms with Gasteiger partial charge in [-0.15, -0.1) is 0 Å². The molecule has 0 amide bonds. The van der Waals surface area contributed by atoms with Gasteiger partial charge in [-0.1, -0.05) is 28.1 Å². The average molecular weight is 392 g/mol. The van der Waals surface area contributed by atoms with Gasteiger partial charge in [0, 0.05) is 55.0 Å². The van der Waals surface area contributed by atoms with Crippen molar-refractivity contribution >= 4 is 15.9 Å². The second-order valence-corrected chi connectivity index (χ2v) is 7.77. The first-order valence-corrected chi connectivity index (χ1v) is 9.19. The summed E-state index contributed by atoms with van der Waals surface area (Å²) in [5, 5.41) is 9.14. The van der Waals surface area contributed by atoms with Crippen molar-refractivity contribution in [1.29, 1.82) is 0 Å². The zero-order valence-corrected chi connectivity index (χ0v) is 16.3. The molecule has 2 heterocycles. The predicted octanol–water partition coefficient (Wildman–Crippen LogP) is 2.79. The number of hydrogen-bond acceptors (Lipinski definition) is 3. The van der Waals surface area contributed by atoms with Crippen LogP contribution in [0.2, 0.25) is 0 Å². The second kappa shape index (κ2) is 7.40. The van der Waals surface area contributed by atoms with Crippen molar-refractivity contribution < 1.29 is 5.11 Å². The molecule has 0 bridgehead atoms. The first-order chi connectivity index (χ1) is 11.5. The summed E-state index contributed by atoms with van der Waals surface area (Å²) in [5.41, 5.74) is 5.54. The molecule has 130 valence electrons. The lowest BCUT2D eigenvalue weighted by Crippen LogP contribution is -2.31. The predicted molar refractivity (Wildman–Crippen MR) is 101 cm³/mol. The van der Waals surface area contributed by atoms with Crippen LogP contribution in [0.1, 0.15) is 28.4 Å². The van der Waals surface area contributed by atoms with E-state index in [0.29, 0.717) is 12.5 Å². The Morgan fingerprint density at radius 2 is 1.96 bits per heavy atom. The molecule has 0 fully saturated rings. The third-order valence-electron chi connectivity index (χ3n) is 4.97. The minimum atomic E-state index is 0.199. The number of halogens is 1. The highest BCUT2D eigenvalue weighted by atomic mass is 79.9. The van der Waals surface area contributed by atoms with Gasteiger partial charge in [-0.05, 0) is 43.4 Å². The van der Waals surface area contributed by atoms with E-state index < -0.39 is 0 Å². The van der Waals surface area contributed by atoms with Gasteiger partial charge in [0.05, 0.1) is 6.61 Å². The van der Waals surface area contributed by atoms with Crippen molar-refractivity contribution in [1.82, 2.24) is 14.4 Å². The fourth-order valence-corrected chi connectivity index (χ4v) is 3.88. The lowest BCUT2D eigenvalue weighted by molar-refractivity contribution is 0.214. The molecule has 0 saturated carbocycles. The molecular formula is C19H26BrN3O. The highest BCUT2D eigenvalue weighted by Crippen LogP contribution is 2.35. The monoisotopic (exact) mass is 391 g/mol. The summed E-state index contributed by atoms with van der Waals surface area (Å²) < 4.78 is 3.46. The Morgan fingerprint density at radius 1 is 1.25 bits per heavy atom. The van der Waals surface area contributed by atoms with E-state index in [0.717, 1.165) is 24.1 Å². The van der Waals surface area contributed by atoms with Gasteiger partial charge in [0.2, 0.25) is 0 Å². The Balaban J connectivity index is 1.95. The number of aliphatic hydroxyl groups excluding tert-OH is 1. The number of nitrogens with zero attached hydrogens (tertiary/aromatic N) is 3. The van der Waals surface area contributed by atoms with Gasteiger partial charge >= 0.3 is 0 Å². The van der Waals surface area contributed by atoms with Crippen LogP contribution in [-0.2, 0) is 20.1 Å². The first kappa shape index (κ1) is 17.7. The summed E-state index contributed by atoms with van der Waals surface area (Å²) in [6.07, 6.45) is 0. The lowest BCUT2D eigenvalue weighted by Gasteiger charge is -2.31. The standard InChI is InChI=1S/C19H26BrN3O/c1-21(8-9-24)11-16-10-17-18(14-4-6-15(20)7-5-14)12-22(2)13-19(17)23(16)3/h4-7,10,18,24H,8-9,11-13H2,1-3H3. The summed E-state index contributed by atoms with van der Waals surface area (Å²) >= 11 is 3.53. The Bertz CT molecular complexity index is 695. The Morgan fingerprint density at radius 3 is 2.62 bits per heavy atom. The molecule has 5 heteroatoms. The molecule has 24 heavy (non-hydrogen) atoms. The van der Waals surface area contributed by atoms with Crippen LogP contribution in [0.3, 0.4) is 0 Å². The summed E-state index contributed by atoms with van der Waals surface area (Å²) in [5.74, 6) is 0.412. The van der Waals surface area contributed by atoms with Gasteiger partial charge < -0.3 is 9.67 Å². The van der Waals surface area contributed by atoms with Gasteiger partial charge in [-0.2, -0.15) is 0 Å². The van der Waals surface area contributed by atoms with Gasteiger partial charge in [-0.3, -0.25) is 9.80 Å². The van der Waals surface area contributed by atoms with E-state index in [1.807, 2.05) is 0 Å². The number of fused-ring (bicyclic) bond motifs is 1. The number of rotatable bonds is 5. The van der Waals surface area contributed by atoms with Crippen LogP contribution in [-0.4, -0.2) is 53.3 Å². The van der Waals surface area contributed by atoms with E-state index in [1.54, 1.807) is 0 Å². The van der Waals surface area contributed by atoms with E-state index in [2.05, 4.69) is 81.8 Å². The second-order valence-electron chi connectivity index (χ2n) is 6.86. The van der Waals surface area contributed by atoms with E-state index in [-0.39, 0.29) is 6.61 Å². The molecule has 1 aromatic heterocycles. The van der Waals surface area contributed by atoms with Gasteiger partial charge in [-0.25, -0.2) is 0 Å². The van der Waals surface area contributed by atoms with E-state index in [1.165, 1.54) is 22.5 Å². The Labute approximate surface area is 152 Å². The lowest BCUT2D eigenvalue weighted by atomic mass is 9.88. The summed E-state index contributed by atoms with van der Waals surface area (Å²) in [6.45, 7) is 3.80. The van der Waals surface area contributed by atoms with Crippen molar-refractivity contribution in [3.05, 3.63) is 57.3 Å². The zero-order valence-electron chi connectivity index (χ0n) is 14.7. The quantitative estimate of drug-likeness (QED) is 0.849. The molecule has 1 aliphatic heterocycles. The fourth-order valence-electron chi connectivity index (χ4n) is 3.61. The van der Waals surface area contributed by atoms with Gasteiger partial charge in [0.1, 0.15) is 0 Å². The summed E-state index contributed by atoms with van der Waals surface area (Å²) in [6, 6.07) is 11.1. The van der Waals surface area contributed by atoms with Crippen LogP contribution in [0, 0.1) is 0 Å². The molecular weight excluding hydrogens is 366 g/mol. The highest BCUT2D eigenvalue weighted by molar-refractivity contribution is 9.10. The van der Waals surface area contributed by atoms with Crippen molar-refractivity contribution in [2.24, 2.45) is 7.05 Å². The maximum Gasteiger partial charge on any atom is 0.0558 e. The van der Waals surface area contributed by atoms with Crippen LogP contribution in [0.5, 0.6) is 0 Å². The number of likely N-dealkylation sites (N-methyl/N-ethyl adjacent to an activating group) is 2. The van der Waals surface area contributed by atoms with E-state index >= 15 is 0 Å². The Hall–Kier alpha value is -1.14.